The molecule has 5 nitrogen and oxygen atoms in total. The first-order chi connectivity index (χ1) is 14.8. The smallest absolute Gasteiger partial charge is 0.477 e. The van der Waals surface area contributed by atoms with Gasteiger partial charge in [-0.15, -0.1) is 11.6 Å². The summed E-state index contributed by atoms with van der Waals surface area (Å²) in [5.74, 6) is -0.245. The van der Waals surface area contributed by atoms with Gasteiger partial charge in [0.2, 0.25) is 0 Å². The van der Waals surface area contributed by atoms with Crippen molar-refractivity contribution in [3.8, 4) is 5.75 Å². The molecule has 1 aromatic carbocycles. The third kappa shape index (κ3) is 3.84. The van der Waals surface area contributed by atoms with Gasteiger partial charge in [-0.2, -0.15) is 0 Å². The van der Waals surface area contributed by atoms with Gasteiger partial charge >= 0.3 is 13.1 Å². The summed E-state index contributed by atoms with van der Waals surface area (Å²) < 4.78 is 38.1. The van der Waals surface area contributed by atoms with Gasteiger partial charge in [0, 0.05) is 0 Å². The van der Waals surface area contributed by atoms with Gasteiger partial charge in [-0.1, -0.05) is 19.9 Å². The van der Waals surface area contributed by atoms with E-state index in [0.717, 1.165) is 12.8 Å². The number of carbonyl (C=O) groups is 1. The minimum atomic E-state index is -0.770. The van der Waals surface area contributed by atoms with Gasteiger partial charge in [0.25, 0.3) is 0 Å². The van der Waals surface area contributed by atoms with Gasteiger partial charge in [0.05, 0.1) is 24.1 Å². The first-order valence-corrected chi connectivity index (χ1v) is 11.8. The summed E-state index contributed by atoms with van der Waals surface area (Å²) in [5, 5.41) is -0.524. The predicted octanol–water partition coefficient (Wildman–Crippen LogP) is 5.21. The Morgan fingerprint density at radius 1 is 1.31 bits per heavy atom. The van der Waals surface area contributed by atoms with E-state index in [0.29, 0.717) is 23.8 Å². The normalized spacial score (nSPS) is 31.5. The SMILES string of the molecule is COc1c(CC(Cl)B2OC3C[C@@H]4C[C@@H](C4(C)C)[C@]3(C)O2)ccc(F)c1C(=O)OC(C)(C)C. The molecule has 1 saturated heterocycles. The molecule has 8 heteroatoms. The topological polar surface area (TPSA) is 54.0 Å². The van der Waals surface area contributed by atoms with Crippen LogP contribution in [-0.2, 0) is 20.5 Å². The van der Waals surface area contributed by atoms with E-state index >= 15 is 0 Å². The number of benzene rings is 1. The fraction of sp³-hybridized carbons (Fsp3) is 0.708. The van der Waals surface area contributed by atoms with Crippen LogP contribution in [0.2, 0.25) is 0 Å². The van der Waals surface area contributed by atoms with E-state index in [9.17, 15) is 9.18 Å². The van der Waals surface area contributed by atoms with Crippen LogP contribution < -0.4 is 4.74 Å². The Morgan fingerprint density at radius 3 is 2.59 bits per heavy atom. The molecule has 0 N–H and O–H groups in total. The van der Waals surface area contributed by atoms with Crippen molar-refractivity contribution < 1.29 is 28.0 Å². The predicted molar refractivity (Wildman–Crippen MR) is 122 cm³/mol. The lowest BCUT2D eigenvalue weighted by Crippen LogP contribution is -2.65. The molecule has 2 bridgehead atoms. The maximum Gasteiger partial charge on any atom is 0.477 e. The van der Waals surface area contributed by atoms with Crippen LogP contribution in [0.15, 0.2) is 12.1 Å². The fourth-order valence-electron chi connectivity index (χ4n) is 5.87. The second-order valence-corrected chi connectivity index (χ2v) is 11.7. The first kappa shape index (κ1) is 23.8. The number of halogens is 2. The number of methoxy groups -OCH3 is 1. The van der Waals surface area contributed by atoms with E-state index in [1.54, 1.807) is 26.8 Å². The molecule has 5 atom stereocenters. The molecule has 176 valence electrons. The molecule has 4 aliphatic rings. The van der Waals surface area contributed by atoms with Crippen molar-refractivity contribution in [1.29, 1.82) is 0 Å². The van der Waals surface area contributed by atoms with Crippen LogP contribution >= 0.6 is 11.6 Å². The standard InChI is InChI=1S/C24H33BClFO5/c1-22(2,3)30-21(28)19-15(27)9-8-13(20(19)29-7)10-18(26)25-31-17-12-14-11-16(23(14,4)5)24(17,6)32-25/h8-9,14,16-18H,10-12H2,1-7H3/t14-,16-,17?,18?,24-/m0/s1. The maximum atomic E-state index is 14.6. The Bertz CT molecular complexity index is 916. The van der Waals surface area contributed by atoms with Gasteiger partial charge in [-0.05, 0) is 75.8 Å². The van der Waals surface area contributed by atoms with E-state index in [2.05, 4.69) is 20.8 Å². The Hall–Kier alpha value is -1.31. The summed E-state index contributed by atoms with van der Waals surface area (Å²) in [6, 6.07) is 2.83. The monoisotopic (exact) mass is 466 g/mol. The lowest BCUT2D eigenvalue weighted by atomic mass is 9.43. The van der Waals surface area contributed by atoms with Crippen molar-refractivity contribution in [3.63, 3.8) is 0 Å². The summed E-state index contributed by atoms with van der Waals surface area (Å²) in [6.45, 7) is 12.0. The highest BCUT2D eigenvalue weighted by Crippen LogP contribution is 2.65. The van der Waals surface area contributed by atoms with Crippen molar-refractivity contribution in [2.75, 3.05) is 7.11 Å². The Balaban J connectivity index is 1.54. The maximum absolute atomic E-state index is 14.6. The highest BCUT2D eigenvalue weighted by atomic mass is 35.5. The molecule has 0 amide bonds. The molecule has 32 heavy (non-hydrogen) atoms. The van der Waals surface area contributed by atoms with Crippen LogP contribution in [0.4, 0.5) is 4.39 Å². The first-order valence-electron chi connectivity index (χ1n) is 11.3. The number of hydrogen-bond acceptors (Lipinski definition) is 5. The highest BCUT2D eigenvalue weighted by molar-refractivity contribution is 6.60. The molecule has 1 aromatic rings. The number of rotatable bonds is 5. The zero-order chi connectivity index (χ0) is 23.6. The Kier molecular flexibility index (Phi) is 5.87. The van der Waals surface area contributed by atoms with E-state index in [1.165, 1.54) is 13.2 Å². The summed E-state index contributed by atoms with van der Waals surface area (Å²) in [7, 11) is 0.824. The molecule has 5 rings (SSSR count). The molecule has 4 fully saturated rings. The zero-order valence-corrected chi connectivity index (χ0v) is 20.7. The van der Waals surface area contributed by atoms with Crippen molar-refractivity contribution in [1.82, 2.24) is 0 Å². The average Bonchev–Trinajstić information content (AvgIpc) is 3.04. The minimum Gasteiger partial charge on any atom is -0.495 e. The Labute approximate surface area is 195 Å². The van der Waals surface area contributed by atoms with E-state index < -0.39 is 29.8 Å². The number of esters is 1. The molecule has 2 unspecified atom stereocenters. The molecule has 0 aromatic heterocycles. The van der Waals surface area contributed by atoms with Gasteiger partial charge < -0.3 is 18.8 Å². The van der Waals surface area contributed by atoms with Crippen molar-refractivity contribution >= 4 is 24.7 Å². The average molecular weight is 467 g/mol. The molecule has 0 radical (unpaired) electrons. The summed E-state index contributed by atoms with van der Waals surface area (Å²) in [6.07, 6.45) is 2.46. The second-order valence-electron chi connectivity index (χ2n) is 11.2. The van der Waals surface area contributed by atoms with Crippen LogP contribution in [0.1, 0.15) is 70.3 Å². The zero-order valence-electron chi connectivity index (χ0n) is 20.0. The number of alkyl halides is 1. The number of ether oxygens (including phenoxy) is 2. The van der Waals surface area contributed by atoms with Crippen LogP contribution in [0.5, 0.6) is 5.75 Å². The second kappa shape index (κ2) is 7.88. The number of carbonyl (C=O) groups excluding carboxylic acids is 1. The molecule has 1 heterocycles. The quantitative estimate of drug-likeness (QED) is 0.339. The van der Waals surface area contributed by atoms with Crippen LogP contribution in [0.25, 0.3) is 0 Å². The van der Waals surface area contributed by atoms with Gasteiger partial charge in [-0.25, -0.2) is 9.18 Å². The lowest BCUT2D eigenvalue weighted by molar-refractivity contribution is -0.199. The van der Waals surface area contributed by atoms with E-state index in [-0.39, 0.29) is 28.4 Å². The fourth-order valence-corrected chi connectivity index (χ4v) is 6.15. The van der Waals surface area contributed by atoms with Crippen molar-refractivity contribution in [2.45, 2.75) is 83.4 Å². The largest absolute Gasteiger partial charge is 0.495 e. The van der Waals surface area contributed by atoms with Crippen molar-refractivity contribution in [2.24, 2.45) is 17.3 Å². The molecule has 3 aliphatic carbocycles. The van der Waals surface area contributed by atoms with E-state index in [1.807, 2.05) is 0 Å². The number of hydrogen-bond donors (Lipinski definition) is 0. The third-order valence-corrected chi connectivity index (χ3v) is 8.03. The molecule has 1 aliphatic heterocycles. The lowest BCUT2D eigenvalue weighted by Gasteiger charge is -2.64. The van der Waals surface area contributed by atoms with Crippen LogP contribution in [-0.4, -0.2) is 42.8 Å². The third-order valence-electron chi connectivity index (χ3n) is 7.67. The van der Waals surface area contributed by atoms with Gasteiger partial charge in [0.1, 0.15) is 22.7 Å². The summed E-state index contributed by atoms with van der Waals surface area (Å²) in [4.78, 5) is 12.6. The van der Waals surface area contributed by atoms with Gasteiger partial charge in [0.15, 0.2) is 0 Å². The van der Waals surface area contributed by atoms with Gasteiger partial charge in [-0.3, -0.25) is 0 Å². The van der Waals surface area contributed by atoms with E-state index in [4.69, 9.17) is 30.4 Å². The summed E-state index contributed by atoms with van der Waals surface area (Å²) in [5.41, 5.74) is -0.490. The Morgan fingerprint density at radius 2 is 2.00 bits per heavy atom. The molecule has 3 saturated carbocycles. The minimum absolute atomic E-state index is 0.0259. The summed E-state index contributed by atoms with van der Waals surface area (Å²) >= 11 is 6.77. The van der Waals surface area contributed by atoms with Crippen LogP contribution in [0, 0.1) is 23.1 Å². The molecule has 0 spiro atoms. The molecular weight excluding hydrogens is 434 g/mol. The highest BCUT2D eigenvalue weighted by Gasteiger charge is 2.68. The van der Waals surface area contributed by atoms with Crippen LogP contribution in [0.3, 0.4) is 0 Å². The molecular formula is C24H33BClFO5. The van der Waals surface area contributed by atoms with Crippen molar-refractivity contribution in [3.05, 3.63) is 29.1 Å².